The van der Waals surface area contributed by atoms with E-state index in [2.05, 4.69) is 5.32 Å². The number of amides is 3. The first-order valence-electron chi connectivity index (χ1n) is 8.38. The molecule has 0 fully saturated rings. The summed E-state index contributed by atoms with van der Waals surface area (Å²) in [5.41, 5.74) is 1.27. The fraction of sp³-hybridized carbons (Fsp3) is 0.150. The molecule has 0 saturated carbocycles. The van der Waals surface area contributed by atoms with E-state index in [1.54, 1.807) is 30.3 Å². The number of nitrogens with zero attached hydrogens (tertiary/aromatic N) is 1. The molecule has 1 aliphatic rings. The van der Waals surface area contributed by atoms with E-state index in [0.29, 0.717) is 11.3 Å². The van der Waals surface area contributed by atoms with Crippen molar-refractivity contribution in [2.75, 3.05) is 18.5 Å². The van der Waals surface area contributed by atoms with Crippen molar-refractivity contribution in [2.45, 2.75) is 6.92 Å². The molecule has 0 unspecified atom stereocenters. The van der Waals surface area contributed by atoms with Crippen molar-refractivity contribution in [2.24, 2.45) is 0 Å². The predicted molar refractivity (Wildman–Crippen MR) is 97.8 cm³/mol. The Morgan fingerprint density at radius 3 is 2.21 bits per heavy atom. The number of imide groups is 1. The van der Waals surface area contributed by atoms with Gasteiger partial charge in [-0.15, -0.1) is 0 Å². The van der Waals surface area contributed by atoms with Gasteiger partial charge in [0.25, 0.3) is 17.7 Å². The number of hydrogen-bond donors (Lipinski definition) is 1. The highest BCUT2D eigenvalue weighted by Crippen LogP contribution is 2.22. The van der Waals surface area contributed by atoms with Crippen molar-refractivity contribution in [1.82, 2.24) is 4.90 Å². The number of benzene rings is 2. The number of carbonyl (C=O) groups is 5. The molecule has 1 heterocycles. The maximum atomic E-state index is 12.2. The summed E-state index contributed by atoms with van der Waals surface area (Å²) in [6.07, 6.45) is 0. The number of nitrogens with one attached hydrogen (secondary N) is 1. The lowest BCUT2D eigenvalue weighted by molar-refractivity contribution is -0.147. The van der Waals surface area contributed by atoms with Gasteiger partial charge in [-0.3, -0.25) is 28.9 Å². The number of ketones is 1. The molecule has 0 spiro atoms. The second-order valence-corrected chi connectivity index (χ2v) is 6.09. The molecule has 28 heavy (non-hydrogen) atoms. The van der Waals surface area contributed by atoms with Crippen LogP contribution in [0, 0.1) is 0 Å². The highest BCUT2D eigenvalue weighted by molar-refractivity contribution is 6.22. The van der Waals surface area contributed by atoms with Crippen LogP contribution in [0.3, 0.4) is 0 Å². The summed E-state index contributed by atoms with van der Waals surface area (Å²) in [4.78, 5) is 60.4. The second kappa shape index (κ2) is 7.83. The summed E-state index contributed by atoms with van der Waals surface area (Å²) in [5, 5.41) is 2.50. The number of carbonyl (C=O) groups excluding carboxylic acids is 5. The molecule has 0 atom stereocenters. The quantitative estimate of drug-likeness (QED) is 0.464. The Kier molecular flexibility index (Phi) is 5.30. The molecule has 142 valence electrons. The van der Waals surface area contributed by atoms with Crippen molar-refractivity contribution >= 4 is 35.2 Å². The average Bonchev–Trinajstić information content (AvgIpc) is 2.92. The first kappa shape index (κ1) is 19.0. The first-order chi connectivity index (χ1) is 13.4. The molecule has 0 radical (unpaired) electrons. The minimum atomic E-state index is -0.887. The van der Waals surface area contributed by atoms with Gasteiger partial charge in [-0.25, -0.2) is 0 Å². The second-order valence-electron chi connectivity index (χ2n) is 6.09. The molecule has 3 amide bonds. The maximum Gasteiger partial charge on any atom is 0.326 e. The molecule has 1 aliphatic heterocycles. The van der Waals surface area contributed by atoms with E-state index in [-0.39, 0.29) is 16.9 Å². The fourth-order valence-electron chi connectivity index (χ4n) is 2.72. The molecule has 2 aromatic rings. The van der Waals surface area contributed by atoms with Crippen molar-refractivity contribution in [1.29, 1.82) is 0 Å². The summed E-state index contributed by atoms with van der Waals surface area (Å²) >= 11 is 0. The van der Waals surface area contributed by atoms with E-state index in [0.717, 1.165) is 4.90 Å². The minimum absolute atomic E-state index is 0.150. The van der Waals surface area contributed by atoms with Gasteiger partial charge >= 0.3 is 5.97 Å². The first-order valence-corrected chi connectivity index (χ1v) is 8.38. The van der Waals surface area contributed by atoms with E-state index in [1.165, 1.54) is 25.1 Å². The van der Waals surface area contributed by atoms with Gasteiger partial charge in [0.05, 0.1) is 11.1 Å². The van der Waals surface area contributed by atoms with Gasteiger partial charge in [-0.2, -0.15) is 0 Å². The third-order valence-corrected chi connectivity index (χ3v) is 4.08. The fourth-order valence-corrected chi connectivity index (χ4v) is 2.72. The summed E-state index contributed by atoms with van der Waals surface area (Å²) in [6, 6.07) is 12.6. The Labute approximate surface area is 160 Å². The average molecular weight is 380 g/mol. The molecule has 1 N–H and O–H groups in total. The lowest BCUT2D eigenvalue weighted by atomic mass is 10.1. The third-order valence-electron chi connectivity index (χ3n) is 4.08. The smallest absolute Gasteiger partial charge is 0.326 e. The van der Waals surface area contributed by atoms with Gasteiger partial charge in [0, 0.05) is 11.3 Å². The van der Waals surface area contributed by atoms with Crippen molar-refractivity contribution in [3.8, 4) is 0 Å². The summed E-state index contributed by atoms with van der Waals surface area (Å²) < 4.78 is 4.85. The molecule has 0 aromatic heterocycles. The monoisotopic (exact) mass is 380 g/mol. The predicted octanol–water partition coefficient (Wildman–Crippen LogP) is 1.67. The van der Waals surface area contributed by atoms with Gasteiger partial charge in [0.15, 0.2) is 12.4 Å². The number of rotatable bonds is 6. The number of Topliss-reactive ketones (excluding diaryl/α,β-unsaturated/α-hetero) is 1. The maximum absolute atomic E-state index is 12.2. The number of ether oxygens (including phenoxy) is 1. The van der Waals surface area contributed by atoms with Crippen LogP contribution in [0.2, 0.25) is 0 Å². The summed E-state index contributed by atoms with van der Waals surface area (Å²) in [5.74, 6) is -2.81. The Hall–Kier alpha value is -3.81. The zero-order valence-electron chi connectivity index (χ0n) is 14.9. The molecule has 8 heteroatoms. The SMILES string of the molecule is CC(=O)c1cccc(NC(=O)COC(=O)CN2C(=O)c3ccccc3C2=O)c1. The lowest BCUT2D eigenvalue weighted by Crippen LogP contribution is -2.36. The van der Waals surface area contributed by atoms with Crippen LogP contribution in [-0.4, -0.2) is 47.5 Å². The molecule has 0 aliphatic carbocycles. The zero-order valence-corrected chi connectivity index (χ0v) is 14.9. The standard InChI is InChI=1S/C20H16N2O6/c1-12(23)13-5-4-6-14(9-13)21-17(24)11-28-18(25)10-22-19(26)15-7-2-3-8-16(15)20(22)27/h2-9H,10-11H2,1H3,(H,21,24). The van der Waals surface area contributed by atoms with Gasteiger partial charge in [-0.1, -0.05) is 24.3 Å². The minimum Gasteiger partial charge on any atom is -0.454 e. The lowest BCUT2D eigenvalue weighted by Gasteiger charge is -2.13. The highest BCUT2D eigenvalue weighted by Gasteiger charge is 2.36. The van der Waals surface area contributed by atoms with Crippen LogP contribution in [0.1, 0.15) is 38.0 Å². The van der Waals surface area contributed by atoms with Crippen molar-refractivity contribution in [3.05, 3.63) is 65.2 Å². The molecular formula is C20H16N2O6. The third kappa shape index (κ3) is 3.96. The Bertz CT molecular complexity index is 963. The molecule has 3 rings (SSSR count). The van der Waals surface area contributed by atoms with Gasteiger partial charge in [0.1, 0.15) is 6.54 Å². The van der Waals surface area contributed by atoms with E-state index in [9.17, 15) is 24.0 Å². The normalized spacial score (nSPS) is 12.5. The van der Waals surface area contributed by atoms with Crippen LogP contribution >= 0.6 is 0 Å². The van der Waals surface area contributed by atoms with Gasteiger partial charge < -0.3 is 10.1 Å². The number of anilines is 1. The molecule has 8 nitrogen and oxygen atoms in total. The van der Waals surface area contributed by atoms with Crippen LogP contribution < -0.4 is 5.32 Å². The molecule has 0 bridgehead atoms. The molecule has 0 saturated heterocycles. The summed E-state index contributed by atoms with van der Waals surface area (Å²) in [6.45, 7) is 0.230. The van der Waals surface area contributed by atoms with E-state index >= 15 is 0 Å². The Morgan fingerprint density at radius 2 is 1.61 bits per heavy atom. The summed E-state index contributed by atoms with van der Waals surface area (Å²) in [7, 11) is 0. The highest BCUT2D eigenvalue weighted by atomic mass is 16.5. The van der Waals surface area contributed by atoms with Gasteiger partial charge in [-0.05, 0) is 31.2 Å². The van der Waals surface area contributed by atoms with Crippen molar-refractivity contribution < 1.29 is 28.7 Å². The number of esters is 1. The van der Waals surface area contributed by atoms with E-state index in [4.69, 9.17) is 4.74 Å². The van der Waals surface area contributed by atoms with Crippen molar-refractivity contribution in [3.63, 3.8) is 0 Å². The Morgan fingerprint density at radius 1 is 0.964 bits per heavy atom. The topological polar surface area (TPSA) is 110 Å². The Balaban J connectivity index is 1.53. The van der Waals surface area contributed by atoms with E-state index < -0.39 is 36.8 Å². The van der Waals surface area contributed by atoms with Crippen LogP contribution in [-0.2, 0) is 14.3 Å². The van der Waals surface area contributed by atoms with Crippen LogP contribution in [0.15, 0.2) is 48.5 Å². The van der Waals surface area contributed by atoms with Crippen LogP contribution in [0.25, 0.3) is 0 Å². The number of hydrogen-bond acceptors (Lipinski definition) is 6. The largest absolute Gasteiger partial charge is 0.454 e. The zero-order chi connectivity index (χ0) is 20.3. The van der Waals surface area contributed by atoms with Crippen LogP contribution in [0.5, 0.6) is 0 Å². The molecule has 2 aromatic carbocycles. The van der Waals surface area contributed by atoms with Gasteiger partial charge in [0.2, 0.25) is 0 Å². The molecular weight excluding hydrogens is 364 g/mol. The van der Waals surface area contributed by atoms with Crippen LogP contribution in [0.4, 0.5) is 5.69 Å². The van der Waals surface area contributed by atoms with E-state index in [1.807, 2.05) is 0 Å². The number of fused-ring (bicyclic) bond motifs is 1.